The Balaban J connectivity index is 1.65. The zero-order chi connectivity index (χ0) is 22.6. The molecule has 10 heteroatoms. The normalized spacial score (nSPS) is 11.1. The van der Waals surface area contributed by atoms with Crippen LogP contribution in [0.3, 0.4) is 0 Å². The quantitative estimate of drug-likeness (QED) is 0.485. The van der Waals surface area contributed by atoms with E-state index < -0.39 is 6.03 Å². The average molecular weight is 460 g/mol. The molecule has 0 saturated carbocycles. The first kappa shape index (κ1) is 22.6. The van der Waals surface area contributed by atoms with Crippen LogP contribution in [0, 0.1) is 0 Å². The van der Waals surface area contributed by atoms with E-state index in [9.17, 15) is 9.59 Å². The first-order valence-corrected chi connectivity index (χ1v) is 10.6. The van der Waals surface area contributed by atoms with Gasteiger partial charge in [0.25, 0.3) is 5.91 Å². The highest BCUT2D eigenvalue weighted by Gasteiger charge is 2.19. The van der Waals surface area contributed by atoms with E-state index in [0.717, 1.165) is 10.6 Å². The highest BCUT2D eigenvalue weighted by Crippen LogP contribution is 2.34. The van der Waals surface area contributed by atoms with Crippen LogP contribution in [-0.2, 0) is 5.41 Å². The van der Waals surface area contributed by atoms with Gasteiger partial charge >= 0.3 is 6.03 Å². The molecular formula is C21H22ClN5O3S. The van der Waals surface area contributed by atoms with Crippen LogP contribution in [0.1, 0.15) is 36.8 Å². The number of halogens is 1. The van der Waals surface area contributed by atoms with Crippen LogP contribution in [0.15, 0.2) is 57.0 Å². The Kier molecular flexibility index (Phi) is 6.87. The molecule has 0 unspecified atom stereocenters. The van der Waals surface area contributed by atoms with Crippen molar-refractivity contribution in [1.82, 2.24) is 15.5 Å². The van der Waals surface area contributed by atoms with Gasteiger partial charge in [0, 0.05) is 40.9 Å². The van der Waals surface area contributed by atoms with Crippen LogP contribution >= 0.6 is 23.4 Å². The topological polar surface area (TPSA) is 109 Å². The lowest BCUT2D eigenvalue weighted by molar-refractivity contribution is 0.0962. The minimum Gasteiger partial charge on any atom is -0.355 e. The number of nitrogens with zero attached hydrogens (tertiary/aromatic N) is 2. The largest absolute Gasteiger partial charge is 0.355 e. The molecule has 0 saturated heterocycles. The summed E-state index contributed by atoms with van der Waals surface area (Å²) < 4.78 is 5.16. The average Bonchev–Trinajstić information content (AvgIpc) is 3.18. The molecule has 0 aliphatic heterocycles. The number of aromatic nitrogens is 2. The number of nitrogens with one attached hydrogen (secondary N) is 3. The van der Waals surface area contributed by atoms with Gasteiger partial charge in [0.2, 0.25) is 5.88 Å². The van der Waals surface area contributed by atoms with Crippen LogP contribution < -0.4 is 16.0 Å². The zero-order valence-corrected chi connectivity index (χ0v) is 19.0. The molecule has 0 spiro atoms. The molecule has 0 bridgehead atoms. The summed E-state index contributed by atoms with van der Waals surface area (Å²) >= 11 is 7.69. The number of hydrogen-bond acceptors (Lipinski definition) is 6. The van der Waals surface area contributed by atoms with Crippen molar-refractivity contribution in [1.29, 1.82) is 0 Å². The summed E-state index contributed by atoms with van der Waals surface area (Å²) in [5.41, 5.74) is 1.57. The van der Waals surface area contributed by atoms with Gasteiger partial charge in [-0.05, 0) is 30.3 Å². The standard InChI is InChI=1S/C21H22ClN5O3S/c1-21(2,3)16-11-17(30-27-16)26-20(29)25-13-5-6-15(14(22)10-13)31-18-9-12(7-8-24-18)19(28)23-4/h5-11H,1-4H3,(H,23,28)(H2,25,26,29). The third-order valence-electron chi connectivity index (χ3n) is 4.14. The van der Waals surface area contributed by atoms with Gasteiger partial charge in [0.15, 0.2) is 0 Å². The molecule has 8 nitrogen and oxygen atoms in total. The first-order chi connectivity index (χ1) is 14.7. The zero-order valence-electron chi connectivity index (χ0n) is 17.4. The predicted octanol–water partition coefficient (Wildman–Crippen LogP) is 5.18. The summed E-state index contributed by atoms with van der Waals surface area (Å²) in [6, 6.07) is 9.64. The smallest absolute Gasteiger partial charge is 0.326 e. The molecule has 0 fully saturated rings. The van der Waals surface area contributed by atoms with E-state index in [0.29, 0.717) is 21.3 Å². The molecule has 3 rings (SSSR count). The van der Waals surface area contributed by atoms with E-state index in [1.165, 1.54) is 11.8 Å². The highest BCUT2D eigenvalue weighted by molar-refractivity contribution is 7.99. The Morgan fingerprint density at radius 2 is 1.87 bits per heavy atom. The number of urea groups is 1. The molecule has 31 heavy (non-hydrogen) atoms. The fraction of sp³-hybridized carbons (Fsp3) is 0.238. The van der Waals surface area contributed by atoms with E-state index in [2.05, 4.69) is 26.1 Å². The van der Waals surface area contributed by atoms with E-state index in [1.54, 1.807) is 49.6 Å². The third kappa shape index (κ3) is 5.99. The highest BCUT2D eigenvalue weighted by atomic mass is 35.5. The van der Waals surface area contributed by atoms with Crippen molar-refractivity contribution in [3.05, 3.63) is 58.9 Å². The van der Waals surface area contributed by atoms with Crippen molar-refractivity contribution in [3.8, 4) is 0 Å². The molecule has 3 N–H and O–H groups in total. The number of benzene rings is 1. The second-order valence-corrected chi connectivity index (χ2v) is 9.08. The maximum Gasteiger partial charge on any atom is 0.326 e. The summed E-state index contributed by atoms with van der Waals surface area (Å²) in [6.45, 7) is 6.00. The number of amides is 3. The van der Waals surface area contributed by atoms with Crippen LogP contribution in [0.25, 0.3) is 0 Å². The maximum atomic E-state index is 12.3. The summed E-state index contributed by atoms with van der Waals surface area (Å²) in [6.07, 6.45) is 1.57. The number of anilines is 2. The SMILES string of the molecule is CNC(=O)c1ccnc(Sc2ccc(NC(=O)Nc3cc(C(C)(C)C)no3)cc2Cl)c1. The Bertz CT molecular complexity index is 1110. The van der Waals surface area contributed by atoms with E-state index in [-0.39, 0.29) is 17.2 Å². The lowest BCUT2D eigenvalue weighted by atomic mass is 9.92. The van der Waals surface area contributed by atoms with Crippen molar-refractivity contribution in [2.75, 3.05) is 17.7 Å². The maximum absolute atomic E-state index is 12.3. The van der Waals surface area contributed by atoms with Crippen LogP contribution in [0.4, 0.5) is 16.4 Å². The number of hydrogen-bond donors (Lipinski definition) is 3. The minimum atomic E-state index is -0.479. The second-order valence-electron chi connectivity index (χ2n) is 7.61. The van der Waals surface area contributed by atoms with Crippen molar-refractivity contribution in [2.45, 2.75) is 36.1 Å². The van der Waals surface area contributed by atoms with Gasteiger partial charge in [-0.25, -0.2) is 9.78 Å². The number of pyridine rings is 1. The van der Waals surface area contributed by atoms with E-state index in [4.69, 9.17) is 16.1 Å². The fourth-order valence-corrected chi connectivity index (χ4v) is 3.60. The second kappa shape index (κ2) is 9.40. The summed E-state index contributed by atoms with van der Waals surface area (Å²) in [5.74, 6) is 0.0602. The first-order valence-electron chi connectivity index (χ1n) is 9.36. The number of carbonyl (C=O) groups is 2. The Morgan fingerprint density at radius 1 is 1.10 bits per heavy atom. The Labute approximate surface area is 189 Å². The number of carbonyl (C=O) groups excluding carboxylic acids is 2. The molecule has 0 radical (unpaired) electrons. The van der Waals surface area contributed by atoms with Crippen LogP contribution in [0.2, 0.25) is 5.02 Å². The van der Waals surface area contributed by atoms with Crippen LogP contribution in [0.5, 0.6) is 0 Å². The third-order valence-corrected chi connectivity index (χ3v) is 5.58. The molecule has 0 aliphatic rings. The Morgan fingerprint density at radius 3 is 2.52 bits per heavy atom. The molecule has 162 valence electrons. The van der Waals surface area contributed by atoms with Crippen molar-refractivity contribution < 1.29 is 14.1 Å². The molecule has 0 aliphatic carbocycles. The van der Waals surface area contributed by atoms with Crippen molar-refractivity contribution >= 4 is 46.9 Å². The van der Waals surface area contributed by atoms with Gasteiger partial charge in [0.1, 0.15) is 5.03 Å². The van der Waals surface area contributed by atoms with Gasteiger partial charge in [0.05, 0.1) is 10.7 Å². The summed E-state index contributed by atoms with van der Waals surface area (Å²) in [7, 11) is 1.57. The minimum absolute atomic E-state index is 0.185. The van der Waals surface area contributed by atoms with Gasteiger partial charge in [-0.15, -0.1) is 0 Å². The fourth-order valence-electron chi connectivity index (χ4n) is 2.49. The molecule has 2 aromatic heterocycles. The van der Waals surface area contributed by atoms with Gasteiger partial charge < -0.3 is 15.2 Å². The predicted molar refractivity (Wildman–Crippen MR) is 121 cm³/mol. The number of rotatable bonds is 5. The van der Waals surface area contributed by atoms with Gasteiger partial charge in [-0.1, -0.05) is 49.3 Å². The van der Waals surface area contributed by atoms with Crippen molar-refractivity contribution in [2.24, 2.45) is 0 Å². The molecule has 3 amide bonds. The molecule has 2 heterocycles. The summed E-state index contributed by atoms with van der Waals surface area (Å²) in [4.78, 5) is 29.0. The Hall–Kier alpha value is -3.04. The lowest BCUT2D eigenvalue weighted by Crippen LogP contribution is -2.19. The van der Waals surface area contributed by atoms with E-state index >= 15 is 0 Å². The molecule has 3 aromatic rings. The van der Waals surface area contributed by atoms with E-state index in [1.807, 2.05) is 20.8 Å². The lowest BCUT2D eigenvalue weighted by Gasteiger charge is -2.12. The monoisotopic (exact) mass is 459 g/mol. The van der Waals surface area contributed by atoms with Gasteiger partial charge in [-0.3, -0.25) is 10.1 Å². The molecule has 1 aromatic carbocycles. The summed E-state index contributed by atoms with van der Waals surface area (Å²) in [5, 5.41) is 12.9. The molecular weight excluding hydrogens is 438 g/mol. The van der Waals surface area contributed by atoms with Crippen molar-refractivity contribution in [3.63, 3.8) is 0 Å². The molecule has 0 atom stereocenters. The van der Waals surface area contributed by atoms with Gasteiger partial charge in [-0.2, -0.15) is 0 Å². The van der Waals surface area contributed by atoms with Crippen LogP contribution in [-0.4, -0.2) is 29.1 Å².